The Labute approximate surface area is 165 Å². The number of hydrogen-bond acceptors (Lipinski definition) is 3. The molecule has 0 spiro atoms. The molecule has 0 fully saturated rings. The van der Waals surface area contributed by atoms with Crippen LogP contribution in [-0.4, -0.2) is 29.4 Å². The first-order valence-electron chi connectivity index (χ1n) is 8.93. The lowest BCUT2D eigenvalue weighted by atomic mass is 10.1. The number of likely N-dealkylation sites (N-methyl/N-ethyl adjacent to an activating group) is 1. The number of aryl methyl sites for hydroxylation is 3. The summed E-state index contributed by atoms with van der Waals surface area (Å²) in [5.41, 5.74) is 6.18. The van der Waals surface area contributed by atoms with Crippen molar-refractivity contribution in [3.63, 3.8) is 0 Å². The van der Waals surface area contributed by atoms with Crippen molar-refractivity contribution in [2.45, 2.75) is 27.3 Å². The summed E-state index contributed by atoms with van der Waals surface area (Å²) in [5.74, 6) is -0.0289. The number of amides is 1. The van der Waals surface area contributed by atoms with Crippen molar-refractivity contribution in [3.8, 4) is 0 Å². The minimum atomic E-state index is -0.0289. The minimum Gasteiger partial charge on any atom is -0.324 e. The predicted octanol–water partition coefficient (Wildman–Crippen LogP) is 4.88. The van der Waals surface area contributed by atoms with E-state index in [2.05, 4.69) is 29.4 Å². The van der Waals surface area contributed by atoms with Crippen LogP contribution in [-0.2, 0) is 11.3 Å². The standard InChI is InChI=1S/C22H24ClN3O/c1-14-10-15(2)21(16(3)11-14)25-20(27)13-26(4)12-17-7-8-19(23)18-6-5-9-24-22(17)18/h5-11H,12-13H2,1-4H3,(H,25,27). The van der Waals surface area contributed by atoms with Crippen LogP contribution in [0.25, 0.3) is 10.9 Å². The first-order valence-corrected chi connectivity index (χ1v) is 9.31. The molecule has 1 N–H and O–H groups in total. The maximum atomic E-state index is 12.5. The summed E-state index contributed by atoms with van der Waals surface area (Å²) in [7, 11) is 1.93. The Bertz CT molecular complexity index is 977. The lowest BCUT2D eigenvalue weighted by molar-refractivity contribution is -0.117. The monoisotopic (exact) mass is 381 g/mol. The van der Waals surface area contributed by atoms with Crippen LogP contribution in [0.1, 0.15) is 22.3 Å². The summed E-state index contributed by atoms with van der Waals surface area (Å²) in [6.07, 6.45) is 1.76. The lowest BCUT2D eigenvalue weighted by Gasteiger charge is -2.19. The molecule has 0 saturated carbocycles. The molecule has 0 unspecified atom stereocenters. The zero-order chi connectivity index (χ0) is 19.6. The molecule has 27 heavy (non-hydrogen) atoms. The quantitative estimate of drug-likeness (QED) is 0.684. The first-order chi connectivity index (χ1) is 12.8. The average molecular weight is 382 g/mol. The van der Waals surface area contributed by atoms with Gasteiger partial charge in [0.15, 0.2) is 0 Å². The number of pyridine rings is 1. The smallest absolute Gasteiger partial charge is 0.238 e. The summed E-state index contributed by atoms with van der Waals surface area (Å²) < 4.78 is 0. The molecule has 4 nitrogen and oxygen atoms in total. The number of halogens is 1. The molecule has 2 aromatic carbocycles. The average Bonchev–Trinajstić information content (AvgIpc) is 2.61. The molecular formula is C22H24ClN3O. The zero-order valence-electron chi connectivity index (χ0n) is 16.1. The maximum Gasteiger partial charge on any atom is 0.238 e. The van der Waals surface area contributed by atoms with Crippen LogP contribution in [0, 0.1) is 20.8 Å². The van der Waals surface area contributed by atoms with Crippen LogP contribution in [0.15, 0.2) is 42.6 Å². The van der Waals surface area contributed by atoms with E-state index < -0.39 is 0 Å². The fourth-order valence-electron chi connectivity index (χ4n) is 3.47. The Morgan fingerprint density at radius 3 is 2.56 bits per heavy atom. The van der Waals surface area contributed by atoms with Crippen LogP contribution in [0.2, 0.25) is 5.02 Å². The van der Waals surface area contributed by atoms with Gasteiger partial charge in [0, 0.05) is 28.8 Å². The van der Waals surface area contributed by atoms with Gasteiger partial charge >= 0.3 is 0 Å². The number of benzene rings is 2. The number of hydrogen-bond donors (Lipinski definition) is 1. The van der Waals surface area contributed by atoms with Gasteiger partial charge in [-0.1, -0.05) is 35.4 Å². The largest absolute Gasteiger partial charge is 0.324 e. The van der Waals surface area contributed by atoms with E-state index >= 15 is 0 Å². The number of nitrogens with one attached hydrogen (secondary N) is 1. The second-order valence-corrected chi connectivity index (χ2v) is 7.51. The summed E-state index contributed by atoms with van der Waals surface area (Å²) in [6.45, 7) is 7.01. The van der Waals surface area contributed by atoms with Gasteiger partial charge in [0.2, 0.25) is 5.91 Å². The van der Waals surface area contributed by atoms with Crippen molar-refractivity contribution >= 4 is 34.1 Å². The molecule has 0 atom stereocenters. The fourth-order valence-corrected chi connectivity index (χ4v) is 3.69. The van der Waals surface area contributed by atoms with Gasteiger partial charge in [-0.05, 0) is 62.7 Å². The number of nitrogens with zero attached hydrogens (tertiary/aromatic N) is 2. The van der Waals surface area contributed by atoms with Crippen molar-refractivity contribution in [2.75, 3.05) is 18.9 Å². The van der Waals surface area contributed by atoms with Crippen LogP contribution in [0.3, 0.4) is 0 Å². The molecule has 3 rings (SSSR count). The second kappa shape index (κ2) is 8.07. The first kappa shape index (κ1) is 19.3. The maximum absolute atomic E-state index is 12.5. The van der Waals surface area contributed by atoms with Crippen molar-refractivity contribution in [1.29, 1.82) is 0 Å². The fraction of sp³-hybridized carbons (Fsp3) is 0.273. The molecule has 0 radical (unpaired) electrons. The second-order valence-electron chi connectivity index (χ2n) is 7.10. The molecule has 0 bridgehead atoms. The van der Waals surface area contributed by atoms with Gasteiger partial charge in [0.1, 0.15) is 0 Å². The van der Waals surface area contributed by atoms with Crippen LogP contribution >= 0.6 is 11.6 Å². The summed E-state index contributed by atoms with van der Waals surface area (Å²) in [4.78, 5) is 19.0. The van der Waals surface area contributed by atoms with E-state index in [1.807, 2.05) is 50.1 Å². The third kappa shape index (κ3) is 4.46. The number of anilines is 1. The van der Waals surface area contributed by atoms with Crippen molar-refractivity contribution in [1.82, 2.24) is 9.88 Å². The Morgan fingerprint density at radius 2 is 1.85 bits per heavy atom. The van der Waals surface area contributed by atoms with Gasteiger partial charge in [0.05, 0.1) is 12.1 Å². The number of carbonyl (C=O) groups excluding carboxylic acids is 1. The Kier molecular flexibility index (Phi) is 5.78. The van der Waals surface area contributed by atoms with E-state index in [1.54, 1.807) is 6.20 Å². The van der Waals surface area contributed by atoms with Crippen LogP contribution in [0.5, 0.6) is 0 Å². The van der Waals surface area contributed by atoms with Crippen molar-refractivity contribution < 1.29 is 4.79 Å². The van der Waals surface area contributed by atoms with E-state index in [1.165, 1.54) is 5.56 Å². The highest BCUT2D eigenvalue weighted by atomic mass is 35.5. The van der Waals surface area contributed by atoms with E-state index in [9.17, 15) is 4.79 Å². The van der Waals surface area contributed by atoms with Gasteiger partial charge < -0.3 is 5.32 Å². The molecule has 0 aliphatic rings. The van der Waals surface area contributed by atoms with Crippen molar-refractivity contribution in [2.24, 2.45) is 0 Å². The van der Waals surface area contributed by atoms with Crippen molar-refractivity contribution in [3.05, 3.63) is 69.9 Å². The van der Waals surface area contributed by atoms with Gasteiger partial charge in [0.25, 0.3) is 0 Å². The molecular weight excluding hydrogens is 358 g/mol. The van der Waals surface area contributed by atoms with E-state index in [-0.39, 0.29) is 5.91 Å². The Balaban J connectivity index is 1.71. The summed E-state index contributed by atoms with van der Waals surface area (Å²) in [6, 6.07) is 11.9. The SMILES string of the molecule is Cc1cc(C)c(NC(=O)CN(C)Cc2ccc(Cl)c3cccnc23)c(C)c1. The highest BCUT2D eigenvalue weighted by Gasteiger charge is 2.13. The third-order valence-electron chi connectivity index (χ3n) is 4.60. The van der Waals surface area contributed by atoms with E-state index in [0.29, 0.717) is 18.1 Å². The number of carbonyl (C=O) groups is 1. The van der Waals surface area contributed by atoms with Gasteiger partial charge in [-0.15, -0.1) is 0 Å². The van der Waals surface area contributed by atoms with Crippen LogP contribution < -0.4 is 5.32 Å². The van der Waals surface area contributed by atoms with Gasteiger partial charge in [-0.2, -0.15) is 0 Å². The summed E-state index contributed by atoms with van der Waals surface area (Å²) >= 11 is 6.26. The number of rotatable bonds is 5. The van der Waals surface area contributed by atoms with Gasteiger partial charge in [-0.3, -0.25) is 14.7 Å². The molecule has 1 heterocycles. The molecule has 1 amide bonds. The van der Waals surface area contributed by atoms with E-state index in [4.69, 9.17) is 11.6 Å². The molecule has 0 aliphatic heterocycles. The lowest BCUT2D eigenvalue weighted by Crippen LogP contribution is -2.30. The molecule has 140 valence electrons. The molecule has 1 aromatic heterocycles. The molecule has 5 heteroatoms. The van der Waals surface area contributed by atoms with Crippen LogP contribution in [0.4, 0.5) is 5.69 Å². The Morgan fingerprint density at radius 1 is 1.15 bits per heavy atom. The summed E-state index contributed by atoms with van der Waals surface area (Å²) in [5, 5.41) is 4.67. The zero-order valence-corrected chi connectivity index (χ0v) is 16.9. The predicted molar refractivity (Wildman–Crippen MR) is 112 cm³/mol. The van der Waals surface area contributed by atoms with Gasteiger partial charge in [-0.25, -0.2) is 0 Å². The third-order valence-corrected chi connectivity index (χ3v) is 4.92. The molecule has 0 saturated heterocycles. The highest BCUT2D eigenvalue weighted by Crippen LogP contribution is 2.25. The minimum absolute atomic E-state index is 0.0289. The molecule has 0 aliphatic carbocycles. The number of fused-ring (bicyclic) bond motifs is 1. The Hall–Kier alpha value is -2.43. The highest BCUT2D eigenvalue weighted by molar-refractivity contribution is 6.35. The van der Waals surface area contributed by atoms with E-state index in [0.717, 1.165) is 33.3 Å². The molecule has 3 aromatic rings. The topological polar surface area (TPSA) is 45.2 Å². The number of aromatic nitrogens is 1. The normalized spacial score (nSPS) is 11.2.